The first-order valence-corrected chi connectivity index (χ1v) is 7.38. The Hall–Kier alpha value is -2.67. The molecule has 0 aromatic heterocycles. The summed E-state index contributed by atoms with van der Waals surface area (Å²) in [6.07, 6.45) is 0.560. The van der Waals surface area contributed by atoms with Gasteiger partial charge < -0.3 is 14.2 Å². The number of nitriles is 1. The first-order valence-electron chi connectivity index (χ1n) is 7.38. The molecule has 0 aliphatic heterocycles. The lowest BCUT2D eigenvalue weighted by molar-refractivity contribution is 0.389. The Kier molecular flexibility index (Phi) is 5.48. The molecule has 0 aliphatic carbocycles. The summed E-state index contributed by atoms with van der Waals surface area (Å²) in [7, 11) is 4.84. The third-order valence-electron chi connectivity index (χ3n) is 3.83. The molecule has 0 N–H and O–H groups in total. The van der Waals surface area contributed by atoms with Gasteiger partial charge in [0, 0.05) is 11.6 Å². The second-order valence-electron chi connectivity index (χ2n) is 5.31. The molecular formula is C19H21NO3. The van der Waals surface area contributed by atoms with Gasteiger partial charge in [-0.05, 0) is 31.0 Å². The second-order valence-corrected chi connectivity index (χ2v) is 5.31. The van der Waals surface area contributed by atoms with E-state index in [9.17, 15) is 5.26 Å². The van der Waals surface area contributed by atoms with Crippen LogP contribution in [0.2, 0.25) is 0 Å². The maximum Gasteiger partial charge on any atom is 0.127 e. The molecule has 1 atom stereocenters. The summed E-state index contributed by atoms with van der Waals surface area (Å²) in [5.74, 6) is 1.83. The van der Waals surface area contributed by atoms with Crippen molar-refractivity contribution in [3.8, 4) is 23.3 Å². The average molecular weight is 311 g/mol. The van der Waals surface area contributed by atoms with Crippen LogP contribution in [0, 0.1) is 18.3 Å². The van der Waals surface area contributed by atoms with Crippen molar-refractivity contribution >= 4 is 0 Å². The van der Waals surface area contributed by atoms with E-state index in [-0.39, 0.29) is 5.92 Å². The molecule has 1 unspecified atom stereocenters. The fourth-order valence-electron chi connectivity index (χ4n) is 2.62. The van der Waals surface area contributed by atoms with Gasteiger partial charge in [0.25, 0.3) is 0 Å². The third-order valence-corrected chi connectivity index (χ3v) is 3.83. The average Bonchev–Trinajstić information content (AvgIpc) is 2.59. The number of rotatable bonds is 6. The van der Waals surface area contributed by atoms with Crippen LogP contribution >= 0.6 is 0 Å². The monoisotopic (exact) mass is 311 g/mol. The van der Waals surface area contributed by atoms with Crippen LogP contribution in [0.5, 0.6) is 17.2 Å². The molecule has 0 spiro atoms. The second kappa shape index (κ2) is 7.55. The first-order chi connectivity index (χ1) is 11.1. The Morgan fingerprint density at radius 3 is 2.30 bits per heavy atom. The van der Waals surface area contributed by atoms with Gasteiger partial charge in [0.15, 0.2) is 0 Å². The normalized spacial score (nSPS) is 11.4. The molecule has 0 aliphatic rings. The van der Waals surface area contributed by atoms with Crippen LogP contribution in [-0.4, -0.2) is 21.3 Å². The van der Waals surface area contributed by atoms with Crippen molar-refractivity contribution in [2.75, 3.05) is 21.3 Å². The van der Waals surface area contributed by atoms with Gasteiger partial charge in [-0.3, -0.25) is 0 Å². The molecule has 0 heterocycles. The molecule has 0 saturated heterocycles. The summed E-state index contributed by atoms with van der Waals surface area (Å²) in [4.78, 5) is 0. The molecule has 0 saturated carbocycles. The van der Waals surface area contributed by atoms with Gasteiger partial charge in [0.1, 0.15) is 17.2 Å². The smallest absolute Gasteiger partial charge is 0.127 e. The zero-order valence-corrected chi connectivity index (χ0v) is 13.9. The minimum absolute atomic E-state index is 0.327. The van der Waals surface area contributed by atoms with E-state index in [1.54, 1.807) is 27.4 Å². The van der Waals surface area contributed by atoms with Gasteiger partial charge in [-0.25, -0.2) is 0 Å². The highest BCUT2D eigenvalue weighted by molar-refractivity contribution is 5.47. The molecule has 120 valence electrons. The van der Waals surface area contributed by atoms with Crippen molar-refractivity contribution in [1.29, 1.82) is 5.26 Å². The number of benzene rings is 2. The van der Waals surface area contributed by atoms with Gasteiger partial charge in [0.05, 0.1) is 33.3 Å². The van der Waals surface area contributed by atoms with Crippen molar-refractivity contribution in [1.82, 2.24) is 0 Å². The highest BCUT2D eigenvalue weighted by atomic mass is 16.5. The van der Waals surface area contributed by atoms with Gasteiger partial charge in [-0.1, -0.05) is 23.8 Å². The molecular weight excluding hydrogens is 290 g/mol. The van der Waals surface area contributed by atoms with Gasteiger partial charge >= 0.3 is 0 Å². The first kappa shape index (κ1) is 16.7. The van der Waals surface area contributed by atoms with Gasteiger partial charge in [-0.2, -0.15) is 5.26 Å². The molecule has 0 radical (unpaired) electrons. The zero-order chi connectivity index (χ0) is 16.8. The van der Waals surface area contributed by atoms with Crippen molar-refractivity contribution in [2.45, 2.75) is 19.3 Å². The van der Waals surface area contributed by atoms with Crippen LogP contribution in [0.4, 0.5) is 0 Å². The molecule has 4 nitrogen and oxygen atoms in total. The van der Waals surface area contributed by atoms with Gasteiger partial charge in [-0.15, -0.1) is 0 Å². The van der Waals surface area contributed by atoms with Crippen molar-refractivity contribution < 1.29 is 14.2 Å². The maximum absolute atomic E-state index is 9.64. The minimum atomic E-state index is -0.327. The van der Waals surface area contributed by atoms with Crippen LogP contribution in [0.15, 0.2) is 36.4 Å². The molecule has 0 bridgehead atoms. The number of aryl methyl sites for hydroxylation is 1. The number of hydrogen-bond donors (Lipinski definition) is 0. The number of hydrogen-bond acceptors (Lipinski definition) is 4. The Morgan fingerprint density at radius 1 is 0.957 bits per heavy atom. The fraction of sp³-hybridized carbons (Fsp3) is 0.316. The van der Waals surface area contributed by atoms with E-state index in [4.69, 9.17) is 14.2 Å². The number of methoxy groups -OCH3 is 3. The van der Waals surface area contributed by atoms with E-state index < -0.39 is 0 Å². The zero-order valence-electron chi connectivity index (χ0n) is 13.9. The van der Waals surface area contributed by atoms with Crippen LogP contribution in [0.1, 0.15) is 22.6 Å². The molecule has 4 heteroatoms. The van der Waals surface area contributed by atoms with Gasteiger partial charge in [0.2, 0.25) is 0 Å². The third kappa shape index (κ3) is 3.75. The van der Waals surface area contributed by atoms with Crippen LogP contribution < -0.4 is 14.2 Å². The molecule has 0 fully saturated rings. The Balaban J connectivity index is 2.38. The van der Waals surface area contributed by atoms with E-state index >= 15 is 0 Å². The van der Waals surface area contributed by atoms with E-state index in [0.29, 0.717) is 17.9 Å². The molecule has 2 aromatic carbocycles. The molecule has 2 aromatic rings. The number of ether oxygens (including phenoxy) is 3. The highest BCUT2D eigenvalue weighted by Crippen LogP contribution is 2.34. The maximum atomic E-state index is 9.64. The summed E-state index contributed by atoms with van der Waals surface area (Å²) in [5.41, 5.74) is 3.00. The van der Waals surface area contributed by atoms with E-state index in [0.717, 1.165) is 22.4 Å². The standard InChI is InChI=1S/C19H21NO3/c1-13-5-8-18(22-3)14(9-13)10-15(12-20)17-7-6-16(21-2)11-19(17)23-4/h5-9,11,15H,10H2,1-4H3. The van der Waals surface area contributed by atoms with E-state index in [1.165, 1.54) is 0 Å². The highest BCUT2D eigenvalue weighted by Gasteiger charge is 2.19. The SMILES string of the molecule is COc1ccc(C(C#N)Cc2cc(C)ccc2OC)c(OC)c1. The Labute approximate surface area is 137 Å². The summed E-state index contributed by atoms with van der Waals surface area (Å²) in [5, 5.41) is 9.64. The van der Waals surface area contributed by atoms with E-state index in [1.807, 2.05) is 31.2 Å². The molecule has 23 heavy (non-hydrogen) atoms. The topological polar surface area (TPSA) is 51.5 Å². The van der Waals surface area contributed by atoms with Crippen molar-refractivity contribution in [2.24, 2.45) is 0 Å². The lowest BCUT2D eigenvalue weighted by atomic mass is 9.91. The predicted octanol–water partition coefficient (Wildman–Crippen LogP) is 3.87. The number of nitrogens with zero attached hydrogens (tertiary/aromatic N) is 1. The van der Waals surface area contributed by atoms with Crippen LogP contribution in [0.25, 0.3) is 0 Å². The minimum Gasteiger partial charge on any atom is -0.497 e. The van der Waals surface area contributed by atoms with Crippen LogP contribution in [0.3, 0.4) is 0 Å². The molecule has 0 amide bonds. The molecule has 2 rings (SSSR count). The Morgan fingerprint density at radius 2 is 1.70 bits per heavy atom. The lowest BCUT2D eigenvalue weighted by Crippen LogP contribution is -2.05. The summed E-state index contributed by atoms with van der Waals surface area (Å²) in [6, 6.07) is 13.9. The Bertz CT molecular complexity index is 719. The van der Waals surface area contributed by atoms with E-state index in [2.05, 4.69) is 12.1 Å². The summed E-state index contributed by atoms with van der Waals surface area (Å²) < 4.78 is 16.1. The largest absolute Gasteiger partial charge is 0.497 e. The predicted molar refractivity (Wildman–Crippen MR) is 89.3 cm³/mol. The summed E-state index contributed by atoms with van der Waals surface area (Å²) in [6.45, 7) is 2.03. The van der Waals surface area contributed by atoms with Crippen LogP contribution in [-0.2, 0) is 6.42 Å². The van der Waals surface area contributed by atoms with Crippen molar-refractivity contribution in [3.05, 3.63) is 53.1 Å². The summed E-state index contributed by atoms with van der Waals surface area (Å²) >= 11 is 0. The fourth-order valence-corrected chi connectivity index (χ4v) is 2.62. The quantitative estimate of drug-likeness (QED) is 0.812. The lowest BCUT2D eigenvalue weighted by Gasteiger charge is -2.16. The van der Waals surface area contributed by atoms with Crippen molar-refractivity contribution in [3.63, 3.8) is 0 Å².